The summed E-state index contributed by atoms with van der Waals surface area (Å²) >= 11 is 0. The molecule has 1 saturated carbocycles. The van der Waals surface area contributed by atoms with Gasteiger partial charge >= 0.3 is 0 Å². The van der Waals surface area contributed by atoms with Gasteiger partial charge in [-0.05, 0) is 31.2 Å². The molecule has 1 aliphatic carbocycles. The molecule has 0 saturated heterocycles. The standard InChI is InChI=1S/C14H21NO/c1-12(14-7-8-14)15-9-10-16-11-13-5-3-2-4-6-13/h2-6,12,14-15H,7-11H2,1H3. The first-order chi connectivity index (χ1) is 7.86. The lowest BCUT2D eigenvalue weighted by atomic mass is 10.2. The van der Waals surface area contributed by atoms with Crippen LogP contribution < -0.4 is 5.32 Å². The summed E-state index contributed by atoms with van der Waals surface area (Å²) < 4.78 is 5.61. The molecule has 88 valence electrons. The fourth-order valence-corrected chi connectivity index (χ4v) is 1.89. The molecule has 2 nitrogen and oxygen atoms in total. The highest BCUT2D eigenvalue weighted by atomic mass is 16.5. The van der Waals surface area contributed by atoms with Gasteiger partial charge in [0.25, 0.3) is 0 Å². The zero-order valence-corrected chi connectivity index (χ0v) is 9.99. The van der Waals surface area contributed by atoms with Crippen molar-refractivity contribution in [2.75, 3.05) is 13.2 Å². The minimum Gasteiger partial charge on any atom is -0.375 e. The smallest absolute Gasteiger partial charge is 0.0717 e. The van der Waals surface area contributed by atoms with E-state index in [4.69, 9.17) is 4.74 Å². The van der Waals surface area contributed by atoms with Gasteiger partial charge in [0.2, 0.25) is 0 Å². The highest BCUT2D eigenvalue weighted by Gasteiger charge is 2.27. The molecule has 1 aromatic carbocycles. The SMILES string of the molecule is CC(NCCOCc1ccccc1)C1CC1. The molecule has 2 heteroatoms. The van der Waals surface area contributed by atoms with Gasteiger partial charge in [-0.15, -0.1) is 0 Å². The molecule has 0 spiro atoms. The van der Waals surface area contributed by atoms with Gasteiger partial charge in [-0.1, -0.05) is 30.3 Å². The van der Waals surface area contributed by atoms with Gasteiger partial charge in [-0.2, -0.15) is 0 Å². The van der Waals surface area contributed by atoms with Gasteiger partial charge in [0.15, 0.2) is 0 Å². The van der Waals surface area contributed by atoms with E-state index in [1.807, 2.05) is 18.2 Å². The maximum Gasteiger partial charge on any atom is 0.0717 e. The maximum atomic E-state index is 5.61. The molecule has 1 unspecified atom stereocenters. The van der Waals surface area contributed by atoms with Crippen LogP contribution in [0.1, 0.15) is 25.3 Å². The number of hydrogen-bond donors (Lipinski definition) is 1. The minimum absolute atomic E-state index is 0.667. The van der Waals surface area contributed by atoms with Gasteiger partial charge in [0.05, 0.1) is 13.2 Å². The maximum absolute atomic E-state index is 5.61. The Morgan fingerprint density at radius 3 is 2.75 bits per heavy atom. The van der Waals surface area contributed by atoms with Crippen LogP contribution in [0, 0.1) is 5.92 Å². The van der Waals surface area contributed by atoms with E-state index >= 15 is 0 Å². The second-order valence-electron chi connectivity index (χ2n) is 4.62. The zero-order valence-electron chi connectivity index (χ0n) is 9.99. The number of benzene rings is 1. The third-order valence-electron chi connectivity index (χ3n) is 3.15. The van der Waals surface area contributed by atoms with Crippen molar-refractivity contribution in [1.29, 1.82) is 0 Å². The number of rotatable bonds is 7. The molecular weight excluding hydrogens is 198 g/mol. The minimum atomic E-state index is 0.667. The summed E-state index contributed by atoms with van der Waals surface area (Å²) in [5, 5.41) is 3.51. The van der Waals surface area contributed by atoms with Crippen molar-refractivity contribution in [3.63, 3.8) is 0 Å². The Labute approximate surface area is 98.0 Å². The fraction of sp³-hybridized carbons (Fsp3) is 0.571. The van der Waals surface area contributed by atoms with Crippen LogP contribution in [0.3, 0.4) is 0 Å². The van der Waals surface area contributed by atoms with Crippen LogP contribution in [-0.4, -0.2) is 19.2 Å². The first-order valence-corrected chi connectivity index (χ1v) is 6.21. The van der Waals surface area contributed by atoms with Crippen LogP contribution in [-0.2, 0) is 11.3 Å². The molecule has 0 radical (unpaired) electrons. The molecule has 1 atom stereocenters. The monoisotopic (exact) mass is 219 g/mol. The third-order valence-corrected chi connectivity index (χ3v) is 3.15. The molecule has 1 fully saturated rings. The Hall–Kier alpha value is -0.860. The Balaban J connectivity index is 1.52. The molecule has 16 heavy (non-hydrogen) atoms. The highest BCUT2D eigenvalue weighted by molar-refractivity contribution is 5.13. The van der Waals surface area contributed by atoms with Gasteiger partial charge in [0, 0.05) is 12.6 Å². The summed E-state index contributed by atoms with van der Waals surface area (Å²) in [7, 11) is 0. The van der Waals surface area contributed by atoms with E-state index in [2.05, 4.69) is 24.4 Å². The summed E-state index contributed by atoms with van der Waals surface area (Å²) in [6.07, 6.45) is 2.80. The molecule has 1 aliphatic rings. The Morgan fingerprint density at radius 2 is 2.06 bits per heavy atom. The van der Waals surface area contributed by atoms with Crippen LogP contribution >= 0.6 is 0 Å². The number of hydrogen-bond acceptors (Lipinski definition) is 2. The largest absolute Gasteiger partial charge is 0.375 e. The third kappa shape index (κ3) is 3.95. The molecule has 0 bridgehead atoms. The predicted octanol–water partition coefficient (Wildman–Crippen LogP) is 2.59. The van der Waals surface area contributed by atoms with Gasteiger partial charge in [-0.3, -0.25) is 0 Å². The van der Waals surface area contributed by atoms with Crippen molar-refractivity contribution in [3.8, 4) is 0 Å². The van der Waals surface area contributed by atoms with Crippen molar-refractivity contribution < 1.29 is 4.74 Å². The van der Waals surface area contributed by atoms with Crippen LogP contribution in [0.25, 0.3) is 0 Å². The van der Waals surface area contributed by atoms with E-state index in [9.17, 15) is 0 Å². The number of nitrogens with one attached hydrogen (secondary N) is 1. The molecular formula is C14H21NO. The average Bonchev–Trinajstić information content (AvgIpc) is 3.13. The predicted molar refractivity (Wildman–Crippen MR) is 66.3 cm³/mol. The fourth-order valence-electron chi connectivity index (χ4n) is 1.89. The van der Waals surface area contributed by atoms with Crippen molar-refractivity contribution in [3.05, 3.63) is 35.9 Å². The quantitative estimate of drug-likeness (QED) is 0.712. The highest BCUT2D eigenvalue weighted by Crippen LogP contribution is 2.32. The average molecular weight is 219 g/mol. The van der Waals surface area contributed by atoms with E-state index in [0.717, 1.165) is 25.7 Å². The van der Waals surface area contributed by atoms with Crippen molar-refractivity contribution in [2.45, 2.75) is 32.4 Å². The Bertz CT molecular complexity index is 295. The molecule has 2 rings (SSSR count). The Kier molecular flexibility index (Phi) is 4.37. The first-order valence-electron chi connectivity index (χ1n) is 6.21. The van der Waals surface area contributed by atoms with Crippen LogP contribution in [0.5, 0.6) is 0 Å². The van der Waals surface area contributed by atoms with Gasteiger partial charge in [-0.25, -0.2) is 0 Å². The molecule has 1 N–H and O–H groups in total. The molecule has 0 heterocycles. The second-order valence-corrected chi connectivity index (χ2v) is 4.62. The summed E-state index contributed by atoms with van der Waals surface area (Å²) in [6, 6.07) is 11.0. The lowest BCUT2D eigenvalue weighted by Gasteiger charge is -2.12. The van der Waals surface area contributed by atoms with E-state index < -0.39 is 0 Å². The van der Waals surface area contributed by atoms with E-state index in [1.165, 1.54) is 18.4 Å². The lowest BCUT2D eigenvalue weighted by molar-refractivity contribution is 0.120. The zero-order chi connectivity index (χ0) is 11.2. The van der Waals surface area contributed by atoms with Crippen LogP contribution in [0.15, 0.2) is 30.3 Å². The second kappa shape index (κ2) is 6.02. The topological polar surface area (TPSA) is 21.3 Å². The van der Waals surface area contributed by atoms with Gasteiger partial charge in [0.1, 0.15) is 0 Å². The van der Waals surface area contributed by atoms with Crippen LogP contribution in [0.2, 0.25) is 0 Å². The van der Waals surface area contributed by atoms with Gasteiger partial charge < -0.3 is 10.1 Å². The summed E-state index contributed by atoms with van der Waals surface area (Å²) in [6.45, 7) is 4.76. The lowest BCUT2D eigenvalue weighted by Crippen LogP contribution is -2.30. The first kappa shape index (κ1) is 11.6. The van der Waals surface area contributed by atoms with Crippen molar-refractivity contribution in [2.24, 2.45) is 5.92 Å². The molecule has 1 aromatic rings. The van der Waals surface area contributed by atoms with E-state index in [0.29, 0.717) is 6.04 Å². The molecule has 0 aliphatic heterocycles. The van der Waals surface area contributed by atoms with Crippen molar-refractivity contribution >= 4 is 0 Å². The van der Waals surface area contributed by atoms with Crippen LogP contribution in [0.4, 0.5) is 0 Å². The van der Waals surface area contributed by atoms with Crippen molar-refractivity contribution in [1.82, 2.24) is 5.32 Å². The summed E-state index contributed by atoms with van der Waals surface area (Å²) in [4.78, 5) is 0. The van der Waals surface area contributed by atoms with E-state index in [1.54, 1.807) is 0 Å². The van der Waals surface area contributed by atoms with E-state index in [-0.39, 0.29) is 0 Å². The molecule has 0 amide bonds. The normalized spacial score (nSPS) is 17.3. The number of ether oxygens (including phenoxy) is 1. The Morgan fingerprint density at radius 1 is 1.31 bits per heavy atom. The molecule has 0 aromatic heterocycles. The summed E-state index contributed by atoms with van der Waals surface area (Å²) in [5.41, 5.74) is 1.25. The summed E-state index contributed by atoms with van der Waals surface area (Å²) in [5.74, 6) is 0.925.